The second-order valence-electron chi connectivity index (χ2n) is 8.58. The smallest absolute Gasteiger partial charge is 0.227 e. The van der Waals surface area contributed by atoms with Gasteiger partial charge in [0.05, 0.1) is 30.6 Å². The standard InChI is InChI=1S/C26H27N5O3/c27-16-19-14-18(4-5-25(19)34-23-8-12-33-13-9-23)24-6-10-28-26(30-24)29-20-2-1-3-21(15-20)31-11-7-22(32)17-31/h1-6,10,14-15,22-23,32H,7-9,11-13,17H2,(H,28,29,30). The Kier molecular flexibility index (Phi) is 6.56. The van der Waals surface area contributed by atoms with Gasteiger partial charge >= 0.3 is 0 Å². The van der Waals surface area contributed by atoms with Crippen molar-refractivity contribution in [2.45, 2.75) is 31.5 Å². The normalized spacial score (nSPS) is 18.5. The highest BCUT2D eigenvalue weighted by Crippen LogP contribution is 2.29. The molecule has 2 aromatic carbocycles. The first-order valence-electron chi connectivity index (χ1n) is 11.6. The Morgan fingerprint density at radius 2 is 2.00 bits per heavy atom. The van der Waals surface area contributed by atoms with Crippen LogP contribution in [-0.4, -0.2) is 53.6 Å². The Hall–Kier alpha value is -3.67. The van der Waals surface area contributed by atoms with Gasteiger partial charge in [-0.1, -0.05) is 6.07 Å². The van der Waals surface area contributed by atoms with Crippen LogP contribution in [0.1, 0.15) is 24.8 Å². The van der Waals surface area contributed by atoms with Crippen LogP contribution >= 0.6 is 0 Å². The summed E-state index contributed by atoms with van der Waals surface area (Å²) in [5.74, 6) is 1.06. The third-order valence-electron chi connectivity index (χ3n) is 6.14. The molecule has 0 aliphatic carbocycles. The molecule has 8 nitrogen and oxygen atoms in total. The number of rotatable bonds is 6. The number of aliphatic hydroxyl groups excluding tert-OH is 1. The summed E-state index contributed by atoms with van der Waals surface area (Å²) in [7, 11) is 0. The van der Waals surface area contributed by atoms with Gasteiger partial charge in [0, 0.05) is 49.1 Å². The zero-order valence-electron chi connectivity index (χ0n) is 18.9. The third-order valence-corrected chi connectivity index (χ3v) is 6.14. The molecule has 2 saturated heterocycles. The van der Waals surface area contributed by atoms with Gasteiger partial charge in [-0.2, -0.15) is 5.26 Å². The van der Waals surface area contributed by atoms with Crippen LogP contribution in [0.25, 0.3) is 11.3 Å². The number of hydrogen-bond acceptors (Lipinski definition) is 8. The van der Waals surface area contributed by atoms with Crippen molar-refractivity contribution in [3.8, 4) is 23.1 Å². The molecule has 34 heavy (non-hydrogen) atoms. The number of nitriles is 1. The molecule has 0 radical (unpaired) electrons. The van der Waals surface area contributed by atoms with E-state index in [1.807, 2.05) is 42.5 Å². The van der Waals surface area contributed by atoms with Gasteiger partial charge in [-0.25, -0.2) is 9.97 Å². The van der Waals surface area contributed by atoms with Crippen LogP contribution in [0, 0.1) is 11.3 Å². The topological polar surface area (TPSA) is 104 Å². The Morgan fingerprint density at radius 1 is 1.12 bits per heavy atom. The summed E-state index contributed by atoms with van der Waals surface area (Å²) in [6, 6.07) is 17.6. The number of nitrogens with zero attached hydrogens (tertiary/aromatic N) is 4. The van der Waals surface area contributed by atoms with E-state index in [-0.39, 0.29) is 12.2 Å². The van der Waals surface area contributed by atoms with E-state index >= 15 is 0 Å². The maximum absolute atomic E-state index is 9.83. The van der Waals surface area contributed by atoms with Gasteiger partial charge in [0.1, 0.15) is 17.9 Å². The highest BCUT2D eigenvalue weighted by molar-refractivity contribution is 5.67. The lowest BCUT2D eigenvalue weighted by molar-refractivity contribution is 0.0254. The molecular formula is C26H27N5O3. The number of benzene rings is 2. The van der Waals surface area contributed by atoms with Crippen molar-refractivity contribution in [3.63, 3.8) is 0 Å². The molecule has 0 saturated carbocycles. The molecule has 1 aromatic heterocycles. The second-order valence-corrected chi connectivity index (χ2v) is 8.58. The fourth-order valence-electron chi connectivity index (χ4n) is 4.32. The lowest BCUT2D eigenvalue weighted by Gasteiger charge is -2.23. The molecule has 2 aliphatic heterocycles. The van der Waals surface area contributed by atoms with E-state index in [1.54, 1.807) is 12.3 Å². The highest BCUT2D eigenvalue weighted by atomic mass is 16.5. The molecule has 0 bridgehead atoms. The van der Waals surface area contributed by atoms with Gasteiger partial charge in [-0.05, 0) is 48.9 Å². The van der Waals surface area contributed by atoms with E-state index in [9.17, 15) is 10.4 Å². The molecule has 2 aliphatic rings. The van der Waals surface area contributed by atoms with Gasteiger partial charge < -0.3 is 24.8 Å². The quantitative estimate of drug-likeness (QED) is 0.575. The molecular weight excluding hydrogens is 430 g/mol. The molecule has 3 heterocycles. The van der Waals surface area contributed by atoms with Crippen molar-refractivity contribution < 1.29 is 14.6 Å². The van der Waals surface area contributed by atoms with Crippen LogP contribution in [0.5, 0.6) is 5.75 Å². The van der Waals surface area contributed by atoms with Crippen molar-refractivity contribution in [2.75, 3.05) is 36.5 Å². The van der Waals surface area contributed by atoms with E-state index in [4.69, 9.17) is 9.47 Å². The summed E-state index contributed by atoms with van der Waals surface area (Å²) in [5, 5.41) is 22.8. The molecule has 8 heteroatoms. The predicted octanol–water partition coefficient (Wildman–Crippen LogP) is 3.89. The minimum atomic E-state index is -0.275. The highest BCUT2D eigenvalue weighted by Gasteiger charge is 2.21. The summed E-state index contributed by atoms with van der Waals surface area (Å²) < 4.78 is 11.4. The number of hydrogen-bond donors (Lipinski definition) is 2. The van der Waals surface area contributed by atoms with E-state index in [0.717, 1.165) is 42.7 Å². The van der Waals surface area contributed by atoms with Gasteiger partial charge in [-0.3, -0.25) is 0 Å². The van der Waals surface area contributed by atoms with Crippen LogP contribution in [0.15, 0.2) is 54.7 Å². The minimum absolute atomic E-state index is 0.0705. The zero-order chi connectivity index (χ0) is 23.3. The van der Waals surface area contributed by atoms with Gasteiger partial charge in [0.2, 0.25) is 5.95 Å². The van der Waals surface area contributed by atoms with Crippen LogP contribution in [0.3, 0.4) is 0 Å². The number of aromatic nitrogens is 2. The fourth-order valence-corrected chi connectivity index (χ4v) is 4.32. The molecule has 2 fully saturated rings. The largest absolute Gasteiger partial charge is 0.489 e. The van der Waals surface area contributed by atoms with Crippen molar-refractivity contribution in [2.24, 2.45) is 0 Å². The van der Waals surface area contributed by atoms with E-state index in [1.165, 1.54) is 0 Å². The lowest BCUT2D eigenvalue weighted by Crippen LogP contribution is -2.26. The van der Waals surface area contributed by atoms with Crippen molar-refractivity contribution in [1.82, 2.24) is 9.97 Å². The Labute approximate surface area is 198 Å². The minimum Gasteiger partial charge on any atom is -0.489 e. The van der Waals surface area contributed by atoms with Crippen molar-refractivity contribution in [3.05, 3.63) is 60.3 Å². The average molecular weight is 458 g/mol. The Morgan fingerprint density at radius 3 is 2.79 bits per heavy atom. The van der Waals surface area contributed by atoms with Gasteiger partial charge in [-0.15, -0.1) is 0 Å². The van der Waals surface area contributed by atoms with E-state index < -0.39 is 0 Å². The van der Waals surface area contributed by atoms with Gasteiger partial charge in [0.25, 0.3) is 0 Å². The molecule has 5 rings (SSSR count). The second kappa shape index (κ2) is 10.1. The molecule has 1 unspecified atom stereocenters. The first-order chi connectivity index (χ1) is 16.7. The van der Waals surface area contributed by atoms with Crippen molar-refractivity contribution >= 4 is 17.3 Å². The average Bonchev–Trinajstić information content (AvgIpc) is 3.31. The maximum atomic E-state index is 9.83. The fraction of sp³-hybridized carbons (Fsp3) is 0.346. The summed E-state index contributed by atoms with van der Waals surface area (Å²) in [6.07, 6.45) is 3.93. The monoisotopic (exact) mass is 457 g/mol. The van der Waals surface area contributed by atoms with Gasteiger partial charge in [0.15, 0.2) is 0 Å². The first kappa shape index (κ1) is 22.1. The van der Waals surface area contributed by atoms with Crippen LogP contribution in [0.4, 0.5) is 17.3 Å². The predicted molar refractivity (Wildman–Crippen MR) is 129 cm³/mol. The summed E-state index contributed by atoms with van der Waals surface area (Å²) in [6.45, 7) is 2.85. The van der Waals surface area contributed by atoms with E-state index in [2.05, 4.69) is 26.3 Å². The summed E-state index contributed by atoms with van der Waals surface area (Å²) in [4.78, 5) is 11.2. The third kappa shape index (κ3) is 5.11. The number of nitrogens with one attached hydrogen (secondary N) is 1. The molecule has 2 N–H and O–H groups in total. The summed E-state index contributed by atoms with van der Waals surface area (Å²) in [5.41, 5.74) is 3.94. The van der Waals surface area contributed by atoms with Crippen molar-refractivity contribution in [1.29, 1.82) is 5.26 Å². The Balaban J connectivity index is 1.32. The number of anilines is 3. The van der Waals surface area contributed by atoms with Crippen LogP contribution in [-0.2, 0) is 4.74 Å². The van der Waals surface area contributed by atoms with Crippen LogP contribution in [0.2, 0.25) is 0 Å². The molecule has 0 spiro atoms. The molecule has 1 atom stereocenters. The molecule has 3 aromatic rings. The maximum Gasteiger partial charge on any atom is 0.227 e. The zero-order valence-corrected chi connectivity index (χ0v) is 18.9. The summed E-state index contributed by atoms with van der Waals surface area (Å²) >= 11 is 0. The molecule has 0 amide bonds. The number of β-amino-alcohol motifs (C(OH)–C–C–N with tert-alkyl or cyclic N) is 1. The lowest BCUT2D eigenvalue weighted by atomic mass is 10.1. The Bertz CT molecular complexity index is 1190. The number of ether oxygens (including phenoxy) is 2. The molecule has 174 valence electrons. The number of aliphatic hydroxyl groups is 1. The first-order valence-corrected chi connectivity index (χ1v) is 11.6. The SMILES string of the molecule is N#Cc1cc(-c2ccnc(Nc3cccc(N4CCC(O)C4)c3)n2)ccc1OC1CCOCC1. The van der Waals surface area contributed by atoms with E-state index in [0.29, 0.717) is 42.7 Å². The van der Waals surface area contributed by atoms with Crippen LogP contribution < -0.4 is 15.0 Å².